The third kappa shape index (κ3) is 4.54. The number of aryl methyl sites for hydroxylation is 1. The molecule has 0 spiro atoms. The lowest BCUT2D eigenvalue weighted by Crippen LogP contribution is -2.64. The third-order valence-corrected chi connectivity index (χ3v) is 6.58. The van der Waals surface area contributed by atoms with Gasteiger partial charge in [0.05, 0.1) is 20.3 Å². The molecule has 0 bridgehead atoms. The maximum atomic E-state index is 13.8. The van der Waals surface area contributed by atoms with Gasteiger partial charge in [0.1, 0.15) is 17.0 Å². The zero-order valence-corrected chi connectivity index (χ0v) is 21.3. The van der Waals surface area contributed by atoms with Gasteiger partial charge in [-0.1, -0.05) is 35.9 Å². The van der Waals surface area contributed by atoms with Gasteiger partial charge >= 0.3 is 5.97 Å². The first-order chi connectivity index (χ1) is 17.2. The van der Waals surface area contributed by atoms with Crippen LogP contribution in [0.5, 0.6) is 5.75 Å². The van der Waals surface area contributed by atoms with Crippen LogP contribution in [0.3, 0.4) is 0 Å². The van der Waals surface area contributed by atoms with Crippen molar-refractivity contribution in [3.63, 3.8) is 0 Å². The molecular weight excluding hydrogens is 484 g/mol. The lowest BCUT2D eigenvalue weighted by molar-refractivity contribution is -0.126. The summed E-state index contributed by atoms with van der Waals surface area (Å²) in [7, 11) is 1.56. The Balaban J connectivity index is 1.74. The molecule has 0 unspecified atom stereocenters. The second-order valence-corrected chi connectivity index (χ2v) is 9.04. The third-order valence-electron chi connectivity index (χ3n) is 6.17. The number of para-hydroxylation sites is 1. The Hall–Kier alpha value is -3.85. The number of esters is 1. The van der Waals surface area contributed by atoms with Gasteiger partial charge in [-0.15, -0.1) is 0 Å². The maximum Gasteiger partial charge on any atom is 0.358 e. The number of hydrogen-bond donors (Lipinski definition) is 1. The summed E-state index contributed by atoms with van der Waals surface area (Å²) < 4.78 is 11.8. The molecule has 1 N–H and O–H groups in total. The van der Waals surface area contributed by atoms with E-state index >= 15 is 0 Å². The number of nitrogens with one attached hydrogen (secondary N) is 1. The first-order valence-electron chi connectivity index (χ1n) is 11.5. The van der Waals surface area contributed by atoms with Crippen molar-refractivity contribution >= 4 is 35.1 Å². The number of nitrogens with zero attached hydrogens (tertiary/aromatic N) is 3. The number of amides is 2. The van der Waals surface area contributed by atoms with E-state index in [0.717, 1.165) is 11.1 Å². The molecule has 36 heavy (non-hydrogen) atoms. The van der Waals surface area contributed by atoms with Gasteiger partial charge in [-0.2, -0.15) is 5.10 Å². The maximum absolute atomic E-state index is 13.8. The van der Waals surface area contributed by atoms with Gasteiger partial charge in [-0.05, 0) is 44.5 Å². The summed E-state index contributed by atoms with van der Waals surface area (Å²) in [5.41, 5.74) is 0.860. The van der Waals surface area contributed by atoms with Gasteiger partial charge in [0.2, 0.25) is 5.91 Å². The largest absolute Gasteiger partial charge is 0.496 e. The van der Waals surface area contributed by atoms with Crippen LogP contribution in [0.15, 0.2) is 48.5 Å². The second-order valence-electron chi connectivity index (χ2n) is 8.64. The number of carbonyl (C=O) groups excluding carboxylic acids is 3. The van der Waals surface area contributed by atoms with Crippen molar-refractivity contribution in [2.45, 2.75) is 39.4 Å². The topological polar surface area (TPSA) is 103 Å². The van der Waals surface area contributed by atoms with Crippen molar-refractivity contribution in [2.24, 2.45) is 0 Å². The fourth-order valence-corrected chi connectivity index (χ4v) is 4.40. The highest BCUT2D eigenvalue weighted by atomic mass is 35.5. The summed E-state index contributed by atoms with van der Waals surface area (Å²) in [4.78, 5) is 41.2. The Morgan fingerprint density at radius 1 is 1.19 bits per heavy atom. The molecule has 0 saturated carbocycles. The molecule has 2 amide bonds. The Bertz CT molecular complexity index is 1340. The van der Waals surface area contributed by atoms with Gasteiger partial charge in [-0.3, -0.25) is 19.2 Å². The number of aromatic nitrogens is 2. The zero-order chi connectivity index (χ0) is 26.0. The Kier molecular flexibility index (Phi) is 7.03. The molecule has 4 rings (SSSR count). The first kappa shape index (κ1) is 25.2. The zero-order valence-electron chi connectivity index (χ0n) is 20.5. The first-order valence-corrected chi connectivity index (χ1v) is 11.8. The second kappa shape index (κ2) is 10.0. The van der Waals surface area contributed by atoms with Crippen molar-refractivity contribution in [1.29, 1.82) is 0 Å². The molecule has 0 fully saturated rings. The molecular formula is C26H27ClN4O5. The number of anilines is 1. The van der Waals surface area contributed by atoms with Gasteiger partial charge in [0, 0.05) is 28.9 Å². The van der Waals surface area contributed by atoms with Crippen LogP contribution in [0.1, 0.15) is 46.0 Å². The Labute approximate surface area is 213 Å². The van der Waals surface area contributed by atoms with Crippen LogP contribution >= 0.6 is 11.6 Å². The lowest BCUT2D eigenvalue weighted by Gasteiger charge is -2.43. The molecule has 0 saturated heterocycles. The van der Waals surface area contributed by atoms with Crippen molar-refractivity contribution in [2.75, 3.05) is 18.6 Å². The minimum atomic E-state index is -1.39. The molecule has 2 heterocycles. The molecule has 2 aromatic carbocycles. The Morgan fingerprint density at radius 2 is 1.94 bits per heavy atom. The summed E-state index contributed by atoms with van der Waals surface area (Å²) in [5.74, 6) is -0.894. The average molecular weight is 511 g/mol. The smallest absolute Gasteiger partial charge is 0.358 e. The molecule has 1 aromatic heterocycles. The molecule has 1 aliphatic heterocycles. The quantitative estimate of drug-likeness (QED) is 0.485. The predicted molar refractivity (Wildman–Crippen MR) is 134 cm³/mol. The van der Waals surface area contributed by atoms with E-state index in [2.05, 4.69) is 10.4 Å². The standard InChI is InChI=1S/C26H27ClN4O5/c1-5-36-24(33)20-13-21-23(32)31(18-11-10-16(2)19(27)12-18)26(3,15-30(21)29-20)25(34)28-14-17-8-6-7-9-22(17)35-4/h6-13H,5,14-15H2,1-4H3,(H,28,34)/t26-/m1/s1. The number of fused-ring (bicyclic) bond motifs is 1. The van der Waals surface area contributed by atoms with Gasteiger partial charge in [0.25, 0.3) is 5.91 Å². The van der Waals surface area contributed by atoms with Gasteiger partial charge < -0.3 is 14.8 Å². The van der Waals surface area contributed by atoms with E-state index in [1.807, 2.05) is 25.1 Å². The number of rotatable bonds is 7. The van der Waals surface area contributed by atoms with Gasteiger partial charge in [0.15, 0.2) is 5.69 Å². The van der Waals surface area contributed by atoms with Crippen LogP contribution < -0.4 is 15.0 Å². The van der Waals surface area contributed by atoms with E-state index in [9.17, 15) is 14.4 Å². The number of benzene rings is 2. The molecule has 1 aliphatic rings. The molecule has 10 heteroatoms. The fourth-order valence-electron chi connectivity index (χ4n) is 4.23. The van der Waals surface area contributed by atoms with Crippen LogP contribution in [0.2, 0.25) is 5.02 Å². The Morgan fingerprint density at radius 3 is 2.64 bits per heavy atom. The number of carbonyl (C=O) groups is 3. The summed E-state index contributed by atoms with van der Waals surface area (Å²) in [5, 5.41) is 7.67. The van der Waals surface area contributed by atoms with E-state index in [4.69, 9.17) is 21.1 Å². The SMILES string of the molecule is CCOC(=O)c1cc2n(n1)C[C@](C)(C(=O)NCc1ccccc1OC)N(c1ccc(C)c(Cl)c1)C2=O. The lowest BCUT2D eigenvalue weighted by atomic mass is 9.93. The van der Waals surface area contributed by atoms with Gasteiger partial charge in [-0.25, -0.2) is 4.79 Å². The van der Waals surface area contributed by atoms with E-state index in [1.165, 1.54) is 15.6 Å². The summed E-state index contributed by atoms with van der Waals surface area (Å²) in [6.45, 7) is 5.57. The fraction of sp³-hybridized carbons (Fsp3) is 0.308. The molecule has 9 nitrogen and oxygen atoms in total. The van der Waals surface area contributed by atoms with Crippen molar-refractivity contribution in [3.05, 3.63) is 76.1 Å². The van der Waals surface area contributed by atoms with Crippen molar-refractivity contribution in [3.8, 4) is 5.75 Å². The van der Waals surface area contributed by atoms with Crippen LogP contribution in [-0.2, 0) is 22.6 Å². The molecule has 1 atom stereocenters. The highest BCUT2D eigenvalue weighted by Gasteiger charge is 2.49. The van der Waals surface area contributed by atoms with Crippen LogP contribution in [-0.4, -0.2) is 46.8 Å². The predicted octanol–water partition coefficient (Wildman–Crippen LogP) is 3.77. The average Bonchev–Trinajstić information content (AvgIpc) is 3.29. The number of ether oxygens (including phenoxy) is 2. The summed E-state index contributed by atoms with van der Waals surface area (Å²) in [6, 6.07) is 13.9. The molecule has 188 valence electrons. The number of hydrogen-bond acceptors (Lipinski definition) is 6. The van der Waals surface area contributed by atoms with Crippen molar-refractivity contribution < 1.29 is 23.9 Å². The van der Waals surface area contributed by atoms with E-state index in [1.54, 1.807) is 45.2 Å². The number of halogens is 1. The molecule has 3 aromatic rings. The molecule has 0 aliphatic carbocycles. The van der Waals surface area contributed by atoms with Crippen LogP contribution in [0, 0.1) is 6.92 Å². The van der Waals surface area contributed by atoms with E-state index < -0.39 is 23.3 Å². The highest BCUT2D eigenvalue weighted by Crippen LogP contribution is 2.35. The monoisotopic (exact) mass is 510 g/mol. The van der Waals surface area contributed by atoms with E-state index in [-0.39, 0.29) is 31.1 Å². The van der Waals surface area contributed by atoms with Crippen LogP contribution in [0.25, 0.3) is 0 Å². The summed E-state index contributed by atoms with van der Waals surface area (Å²) >= 11 is 6.38. The minimum Gasteiger partial charge on any atom is -0.496 e. The molecule has 0 radical (unpaired) electrons. The van der Waals surface area contributed by atoms with Crippen LogP contribution in [0.4, 0.5) is 5.69 Å². The summed E-state index contributed by atoms with van der Waals surface area (Å²) in [6.07, 6.45) is 0. The van der Waals surface area contributed by atoms with E-state index in [0.29, 0.717) is 16.5 Å². The minimum absolute atomic E-state index is 0.000712. The normalized spacial score (nSPS) is 16.9. The number of methoxy groups -OCH3 is 1. The van der Waals surface area contributed by atoms with Crippen molar-refractivity contribution in [1.82, 2.24) is 15.1 Å². The highest BCUT2D eigenvalue weighted by molar-refractivity contribution is 6.31.